The first-order valence-electron chi connectivity index (χ1n) is 5.41. The van der Waals surface area contributed by atoms with Crippen LogP contribution in [0.25, 0.3) is 0 Å². The second kappa shape index (κ2) is 6.81. The number of carbonyl (C=O) groups excluding carboxylic acids is 1. The van der Waals surface area contributed by atoms with Gasteiger partial charge in [0.15, 0.2) is 5.76 Å². The molecule has 0 unspecified atom stereocenters. The fourth-order valence-electron chi connectivity index (χ4n) is 1.21. The van der Waals surface area contributed by atoms with Crippen LogP contribution < -0.4 is 10.8 Å². The maximum atomic E-state index is 10.9. The summed E-state index contributed by atoms with van der Waals surface area (Å²) in [6.45, 7) is 3.08. The number of allylic oxidation sites excluding steroid dienone is 1. The molecule has 1 aliphatic rings. The highest BCUT2D eigenvalue weighted by molar-refractivity contribution is 5.66. The van der Waals surface area contributed by atoms with Crippen LogP contribution in [0.2, 0.25) is 0 Å². The second-order valence-electron chi connectivity index (χ2n) is 3.29. The number of rotatable bonds is 5. The predicted molar refractivity (Wildman–Crippen MR) is 57.1 cm³/mol. The van der Waals surface area contributed by atoms with E-state index in [9.17, 15) is 4.79 Å². The van der Waals surface area contributed by atoms with Gasteiger partial charge < -0.3 is 19.6 Å². The molecule has 0 bridgehead atoms. The van der Waals surface area contributed by atoms with Crippen LogP contribution in [0.4, 0.5) is 4.79 Å². The van der Waals surface area contributed by atoms with Gasteiger partial charge in [-0.25, -0.2) is 4.79 Å². The van der Waals surface area contributed by atoms with Crippen LogP contribution in [-0.2, 0) is 14.3 Å². The number of unbranched alkanes of at least 4 members (excludes halogenated alkanes) is 1. The van der Waals surface area contributed by atoms with E-state index in [0.29, 0.717) is 24.9 Å². The Morgan fingerprint density at radius 1 is 1.44 bits per heavy atom. The topological polar surface area (TPSA) is 68.8 Å². The van der Waals surface area contributed by atoms with Gasteiger partial charge in [0.25, 0.3) is 5.88 Å². The van der Waals surface area contributed by atoms with Crippen LogP contribution in [0.1, 0.15) is 26.2 Å². The summed E-state index contributed by atoms with van der Waals surface area (Å²) in [5, 5.41) is 2.32. The fraction of sp³-hybridized carbons (Fsp3) is 0.700. The molecule has 1 rings (SSSR count). The summed E-state index contributed by atoms with van der Waals surface area (Å²) in [5.41, 5.74) is 2.45. The third-order valence-electron chi connectivity index (χ3n) is 2.06. The summed E-state index contributed by atoms with van der Waals surface area (Å²) >= 11 is 0. The van der Waals surface area contributed by atoms with Gasteiger partial charge in [-0.15, -0.1) is 0 Å². The molecule has 1 amide bonds. The molecule has 0 aliphatic carbocycles. The number of hydrogen-bond donors (Lipinski definition) is 2. The standard InChI is InChI=1S/C10H18N2O4/c1-3-4-5-8-9(15-7-6-14-8)12-16-10(13)11-2/h12H,3-7H2,1-2H3,(H,11,13). The number of nitrogens with one attached hydrogen (secondary N) is 2. The van der Waals surface area contributed by atoms with E-state index in [0.717, 1.165) is 19.3 Å². The SMILES string of the molecule is CCCCC1=C(NOC(=O)NC)OCCO1. The van der Waals surface area contributed by atoms with Gasteiger partial charge in [-0.2, -0.15) is 5.48 Å². The highest BCUT2D eigenvalue weighted by atomic mass is 16.7. The van der Waals surface area contributed by atoms with Gasteiger partial charge in [-0.3, -0.25) is 0 Å². The Morgan fingerprint density at radius 2 is 2.19 bits per heavy atom. The van der Waals surface area contributed by atoms with E-state index in [2.05, 4.69) is 22.6 Å². The minimum absolute atomic E-state index is 0.392. The van der Waals surface area contributed by atoms with Crippen molar-refractivity contribution in [2.24, 2.45) is 0 Å². The normalized spacial score (nSPS) is 14.9. The van der Waals surface area contributed by atoms with Crippen molar-refractivity contribution < 1.29 is 19.1 Å². The third kappa shape index (κ3) is 3.88. The van der Waals surface area contributed by atoms with E-state index >= 15 is 0 Å². The summed E-state index contributed by atoms with van der Waals surface area (Å²) in [7, 11) is 1.48. The maximum absolute atomic E-state index is 10.9. The van der Waals surface area contributed by atoms with E-state index in [1.165, 1.54) is 7.05 Å². The average Bonchev–Trinajstić information content (AvgIpc) is 2.34. The predicted octanol–water partition coefficient (Wildman–Crippen LogP) is 1.25. The van der Waals surface area contributed by atoms with Crippen molar-refractivity contribution in [3.63, 3.8) is 0 Å². The molecule has 1 heterocycles. The molecule has 1 aliphatic heterocycles. The quantitative estimate of drug-likeness (QED) is 0.696. The zero-order valence-corrected chi connectivity index (χ0v) is 9.67. The highest BCUT2D eigenvalue weighted by Gasteiger charge is 2.16. The van der Waals surface area contributed by atoms with Crippen molar-refractivity contribution in [2.75, 3.05) is 20.3 Å². The highest BCUT2D eigenvalue weighted by Crippen LogP contribution is 2.17. The lowest BCUT2D eigenvalue weighted by atomic mass is 10.2. The number of hydroxylamine groups is 1. The van der Waals surface area contributed by atoms with Gasteiger partial charge in [0, 0.05) is 13.5 Å². The lowest BCUT2D eigenvalue weighted by Gasteiger charge is -2.21. The molecule has 0 radical (unpaired) electrons. The largest absolute Gasteiger partial charge is 0.489 e. The van der Waals surface area contributed by atoms with Gasteiger partial charge >= 0.3 is 6.09 Å². The molecule has 0 atom stereocenters. The van der Waals surface area contributed by atoms with Crippen molar-refractivity contribution in [2.45, 2.75) is 26.2 Å². The molecule has 0 aromatic heterocycles. The number of carbonyl (C=O) groups is 1. The molecule has 0 saturated carbocycles. The molecule has 6 heteroatoms. The Kier molecular flexibility index (Phi) is 5.31. The molecule has 92 valence electrons. The van der Waals surface area contributed by atoms with Gasteiger partial charge in [0.05, 0.1) is 0 Å². The Morgan fingerprint density at radius 3 is 2.88 bits per heavy atom. The minimum atomic E-state index is -0.573. The van der Waals surface area contributed by atoms with E-state index in [4.69, 9.17) is 9.47 Å². The zero-order valence-electron chi connectivity index (χ0n) is 9.67. The van der Waals surface area contributed by atoms with Gasteiger partial charge in [-0.05, 0) is 6.42 Å². The first kappa shape index (κ1) is 12.5. The van der Waals surface area contributed by atoms with Crippen LogP contribution in [0, 0.1) is 0 Å². The van der Waals surface area contributed by atoms with Gasteiger partial charge in [-0.1, -0.05) is 13.3 Å². The van der Waals surface area contributed by atoms with Gasteiger partial charge in [0.1, 0.15) is 13.2 Å². The molecule has 0 aromatic carbocycles. The average molecular weight is 230 g/mol. The summed E-state index contributed by atoms with van der Waals surface area (Å²) in [5.74, 6) is 1.10. The lowest BCUT2D eigenvalue weighted by molar-refractivity contribution is 0.000117. The Balaban J connectivity index is 2.49. The van der Waals surface area contributed by atoms with Crippen molar-refractivity contribution >= 4 is 6.09 Å². The summed E-state index contributed by atoms with van der Waals surface area (Å²) < 4.78 is 10.8. The van der Waals surface area contributed by atoms with Crippen LogP contribution in [-0.4, -0.2) is 26.4 Å². The fourth-order valence-corrected chi connectivity index (χ4v) is 1.21. The maximum Gasteiger partial charge on any atom is 0.431 e. The Hall–Kier alpha value is -1.59. The third-order valence-corrected chi connectivity index (χ3v) is 2.06. The minimum Gasteiger partial charge on any atom is -0.489 e. The lowest BCUT2D eigenvalue weighted by Crippen LogP contribution is -2.31. The zero-order chi connectivity index (χ0) is 11.8. The van der Waals surface area contributed by atoms with E-state index in [-0.39, 0.29) is 0 Å². The summed E-state index contributed by atoms with van der Waals surface area (Å²) in [4.78, 5) is 15.5. The molecule has 2 N–H and O–H groups in total. The molecule has 0 saturated heterocycles. The first-order valence-corrected chi connectivity index (χ1v) is 5.41. The molecule has 6 nitrogen and oxygen atoms in total. The molecule has 0 fully saturated rings. The van der Waals surface area contributed by atoms with E-state index < -0.39 is 6.09 Å². The Bertz CT molecular complexity index is 266. The van der Waals surface area contributed by atoms with Crippen molar-refractivity contribution in [1.29, 1.82) is 0 Å². The molecular weight excluding hydrogens is 212 g/mol. The van der Waals surface area contributed by atoms with E-state index in [1.54, 1.807) is 0 Å². The number of ether oxygens (including phenoxy) is 2. The van der Waals surface area contributed by atoms with Crippen molar-refractivity contribution in [3.8, 4) is 0 Å². The Labute approximate surface area is 94.9 Å². The van der Waals surface area contributed by atoms with Crippen LogP contribution in [0.3, 0.4) is 0 Å². The summed E-state index contributed by atoms with van der Waals surface area (Å²) in [6, 6.07) is 0. The van der Waals surface area contributed by atoms with Crippen LogP contribution >= 0.6 is 0 Å². The van der Waals surface area contributed by atoms with Crippen molar-refractivity contribution in [3.05, 3.63) is 11.6 Å². The molecule has 0 aromatic rings. The van der Waals surface area contributed by atoms with Gasteiger partial charge in [0.2, 0.25) is 0 Å². The van der Waals surface area contributed by atoms with E-state index in [1.807, 2.05) is 0 Å². The molecule has 0 spiro atoms. The monoisotopic (exact) mass is 230 g/mol. The smallest absolute Gasteiger partial charge is 0.431 e. The number of hydrogen-bond acceptors (Lipinski definition) is 5. The summed E-state index contributed by atoms with van der Waals surface area (Å²) in [6.07, 6.45) is 2.27. The van der Waals surface area contributed by atoms with Crippen LogP contribution in [0.5, 0.6) is 0 Å². The first-order chi connectivity index (χ1) is 7.77. The number of amides is 1. The van der Waals surface area contributed by atoms with Crippen LogP contribution in [0.15, 0.2) is 11.6 Å². The molecular formula is C10H18N2O4. The second-order valence-corrected chi connectivity index (χ2v) is 3.29. The molecule has 16 heavy (non-hydrogen) atoms. The van der Waals surface area contributed by atoms with Crippen molar-refractivity contribution in [1.82, 2.24) is 10.8 Å².